The van der Waals surface area contributed by atoms with Gasteiger partial charge < -0.3 is 0 Å². The fourth-order valence-electron chi connectivity index (χ4n) is 1.86. The molecule has 1 aliphatic rings. The molecule has 6 heteroatoms. The van der Waals surface area contributed by atoms with Crippen LogP contribution < -0.4 is 5.43 Å². The number of hydrogen-bond acceptors (Lipinski definition) is 3. The Morgan fingerprint density at radius 1 is 1.25 bits per heavy atom. The predicted molar refractivity (Wildman–Crippen MR) is 56.1 cm³/mol. The molecule has 1 aliphatic carbocycles. The summed E-state index contributed by atoms with van der Waals surface area (Å²) in [5.41, 5.74) is 2.32. The predicted octanol–water partition coefficient (Wildman–Crippen LogP) is 0.113. The fraction of sp³-hybridized carbons (Fsp3) is 0.700. The maximum absolute atomic E-state index is 11.3. The van der Waals surface area contributed by atoms with E-state index in [1.807, 2.05) is 0 Å². The molecular formula is C10H16N3O3. The van der Waals surface area contributed by atoms with Crippen molar-refractivity contribution in [1.29, 1.82) is 0 Å². The summed E-state index contributed by atoms with van der Waals surface area (Å²) in [4.78, 5) is 33.1. The molecule has 6 nitrogen and oxygen atoms in total. The molecule has 1 radical (unpaired) electrons. The van der Waals surface area contributed by atoms with E-state index in [0.717, 1.165) is 35.8 Å². The lowest BCUT2D eigenvalue weighted by atomic mass is 10.2. The fourth-order valence-corrected chi connectivity index (χ4v) is 1.86. The highest BCUT2D eigenvalue weighted by Gasteiger charge is 2.29. The molecule has 3 amide bonds. The Kier molecular flexibility index (Phi) is 4.28. The first-order valence-corrected chi connectivity index (χ1v) is 5.31. The van der Waals surface area contributed by atoms with Gasteiger partial charge in [0, 0.05) is 13.8 Å². The molecule has 0 saturated heterocycles. The van der Waals surface area contributed by atoms with Crippen molar-refractivity contribution < 1.29 is 14.4 Å². The van der Waals surface area contributed by atoms with Crippen LogP contribution in [0.2, 0.25) is 0 Å². The largest absolute Gasteiger partial charge is 0.334 e. The SMILES string of the molecule is CC(=O)NN(C(C)=O)N([C]=O)C1CCCC1. The first-order valence-electron chi connectivity index (χ1n) is 5.31. The van der Waals surface area contributed by atoms with Gasteiger partial charge in [-0.15, -0.1) is 0 Å². The number of hydrogen-bond donors (Lipinski definition) is 1. The number of carbonyl (C=O) groups is 2. The van der Waals surface area contributed by atoms with Gasteiger partial charge >= 0.3 is 6.41 Å². The van der Waals surface area contributed by atoms with Crippen molar-refractivity contribution >= 4 is 18.2 Å². The Hall–Kier alpha value is -1.59. The summed E-state index contributed by atoms with van der Waals surface area (Å²) in [6.07, 6.45) is 5.41. The molecule has 0 unspecified atom stereocenters. The van der Waals surface area contributed by atoms with Crippen molar-refractivity contribution in [2.45, 2.75) is 45.6 Å². The van der Waals surface area contributed by atoms with Gasteiger partial charge in [-0.2, -0.15) is 5.12 Å². The average Bonchev–Trinajstić information content (AvgIpc) is 2.70. The van der Waals surface area contributed by atoms with Gasteiger partial charge in [-0.1, -0.05) is 12.8 Å². The maximum Gasteiger partial charge on any atom is 0.334 e. The van der Waals surface area contributed by atoms with Crippen molar-refractivity contribution in [2.24, 2.45) is 0 Å². The van der Waals surface area contributed by atoms with Crippen LogP contribution in [0.5, 0.6) is 0 Å². The Morgan fingerprint density at radius 3 is 2.19 bits per heavy atom. The Labute approximate surface area is 94.5 Å². The molecule has 0 bridgehead atoms. The molecule has 0 aliphatic heterocycles. The van der Waals surface area contributed by atoms with Crippen molar-refractivity contribution in [3.8, 4) is 0 Å². The van der Waals surface area contributed by atoms with E-state index in [4.69, 9.17) is 0 Å². The lowest BCUT2D eigenvalue weighted by Crippen LogP contribution is -2.57. The van der Waals surface area contributed by atoms with E-state index in [-0.39, 0.29) is 6.04 Å². The van der Waals surface area contributed by atoms with Gasteiger partial charge in [0.15, 0.2) is 0 Å². The van der Waals surface area contributed by atoms with Gasteiger partial charge in [0.05, 0.1) is 6.04 Å². The number of hydrazine groups is 2. The smallest absolute Gasteiger partial charge is 0.274 e. The Morgan fingerprint density at radius 2 is 1.81 bits per heavy atom. The summed E-state index contributed by atoms with van der Waals surface area (Å²) >= 11 is 0. The summed E-state index contributed by atoms with van der Waals surface area (Å²) in [5.74, 6) is -0.807. The van der Waals surface area contributed by atoms with Crippen molar-refractivity contribution in [1.82, 2.24) is 15.6 Å². The quantitative estimate of drug-likeness (QED) is 0.548. The summed E-state index contributed by atoms with van der Waals surface area (Å²) < 4.78 is 0. The van der Waals surface area contributed by atoms with Crippen molar-refractivity contribution in [2.75, 3.05) is 0 Å². The molecule has 1 saturated carbocycles. The molecule has 1 fully saturated rings. The molecule has 0 aromatic rings. The lowest BCUT2D eigenvalue weighted by Gasteiger charge is -2.33. The van der Waals surface area contributed by atoms with Crippen molar-refractivity contribution in [3.05, 3.63) is 0 Å². The standard InChI is InChI=1S/C10H16N3O3/c1-8(15)11-13(9(2)16)12(7-14)10-5-3-4-6-10/h10H,3-6H2,1-2H3,(H,11,15). The topological polar surface area (TPSA) is 69.7 Å². The highest BCUT2D eigenvalue weighted by atomic mass is 16.2. The minimum absolute atomic E-state index is 0.0479. The molecule has 16 heavy (non-hydrogen) atoms. The van der Waals surface area contributed by atoms with Gasteiger partial charge in [0.2, 0.25) is 5.91 Å². The third-order valence-corrected chi connectivity index (χ3v) is 2.54. The van der Waals surface area contributed by atoms with E-state index < -0.39 is 11.8 Å². The van der Waals surface area contributed by atoms with Crippen LogP contribution in [0.3, 0.4) is 0 Å². The molecule has 89 valence electrons. The van der Waals surface area contributed by atoms with E-state index in [9.17, 15) is 14.4 Å². The van der Waals surface area contributed by atoms with Crippen LogP contribution in [0.4, 0.5) is 0 Å². The van der Waals surface area contributed by atoms with Gasteiger partial charge in [-0.3, -0.25) is 14.4 Å². The van der Waals surface area contributed by atoms with E-state index in [0.29, 0.717) is 0 Å². The van der Waals surface area contributed by atoms with Crippen LogP contribution in [0.25, 0.3) is 0 Å². The number of nitrogens with zero attached hydrogens (tertiary/aromatic N) is 2. The Bertz CT molecular complexity index is 287. The van der Waals surface area contributed by atoms with Gasteiger partial charge in [0.25, 0.3) is 5.91 Å². The number of nitrogens with one attached hydrogen (secondary N) is 1. The Balaban J connectivity index is 2.75. The second-order valence-electron chi connectivity index (χ2n) is 3.87. The minimum Gasteiger partial charge on any atom is -0.274 e. The van der Waals surface area contributed by atoms with Gasteiger partial charge in [-0.25, -0.2) is 10.4 Å². The lowest BCUT2D eigenvalue weighted by molar-refractivity contribution is -0.156. The molecule has 0 aromatic carbocycles. The average molecular weight is 226 g/mol. The summed E-state index contributed by atoms with van der Waals surface area (Å²) in [5, 5.41) is 2.09. The monoisotopic (exact) mass is 226 g/mol. The molecule has 0 atom stereocenters. The van der Waals surface area contributed by atoms with Crippen LogP contribution in [0.15, 0.2) is 0 Å². The first kappa shape index (κ1) is 12.5. The maximum atomic E-state index is 11.3. The minimum atomic E-state index is -0.412. The second-order valence-corrected chi connectivity index (χ2v) is 3.87. The molecule has 0 spiro atoms. The first-order chi connectivity index (χ1) is 7.56. The van der Waals surface area contributed by atoms with Gasteiger partial charge in [0.1, 0.15) is 0 Å². The van der Waals surface area contributed by atoms with Crippen molar-refractivity contribution in [3.63, 3.8) is 0 Å². The highest BCUT2D eigenvalue weighted by molar-refractivity contribution is 5.80. The molecule has 1 rings (SSSR count). The zero-order valence-corrected chi connectivity index (χ0v) is 9.52. The van der Waals surface area contributed by atoms with Crippen LogP contribution in [-0.2, 0) is 14.4 Å². The molecule has 0 aromatic heterocycles. The summed E-state index contributed by atoms with van der Waals surface area (Å²) in [7, 11) is 0. The normalized spacial score (nSPS) is 15.6. The molecule has 0 heterocycles. The van der Waals surface area contributed by atoms with Crippen LogP contribution in [0, 0.1) is 0 Å². The van der Waals surface area contributed by atoms with Crippen LogP contribution in [0.1, 0.15) is 39.5 Å². The molecular weight excluding hydrogens is 210 g/mol. The zero-order chi connectivity index (χ0) is 12.1. The van der Waals surface area contributed by atoms with E-state index >= 15 is 0 Å². The molecule has 1 N–H and O–H groups in total. The zero-order valence-electron chi connectivity index (χ0n) is 9.52. The number of carbonyl (C=O) groups excluding carboxylic acids is 3. The van der Waals surface area contributed by atoms with E-state index in [1.54, 1.807) is 6.41 Å². The number of rotatable bonds is 3. The third-order valence-electron chi connectivity index (χ3n) is 2.54. The highest BCUT2D eigenvalue weighted by Crippen LogP contribution is 2.23. The number of amides is 3. The van der Waals surface area contributed by atoms with Gasteiger partial charge in [-0.05, 0) is 12.8 Å². The summed E-state index contributed by atoms with van der Waals surface area (Å²) in [6.45, 7) is 2.57. The third kappa shape index (κ3) is 2.95. The summed E-state index contributed by atoms with van der Waals surface area (Å²) in [6, 6.07) is -0.0479. The second kappa shape index (κ2) is 5.48. The van der Waals surface area contributed by atoms with E-state index in [2.05, 4.69) is 5.43 Å². The van der Waals surface area contributed by atoms with Crippen LogP contribution >= 0.6 is 0 Å². The van der Waals surface area contributed by atoms with Crippen LogP contribution in [-0.4, -0.2) is 34.4 Å². The van der Waals surface area contributed by atoms with E-state index in [1.165, 1.54) is 13.8 Å².